The minimum Gasteiger partial charge on any atom is -0.399 e. The van der Waals surface area contributed by atoms with Crippen LogP contribution >= 0.6 is 0 Å². The highest BCUT2D eigenvalue weighted by Gasteiger charge is 2.07. The number of pyridine rings is 1. The molecule has 0 amide bonds. The third-order valence-corrected chi connectivity index (χ3v) is 3.27. The maximum absolute atomic E-state index is 8.92. The standard InChI is InChI=1S/C17H20N4/c1-2-9-21(12-14-3-5-16(19)6-4-14)13-15-7-8-20-17(10-15)11-18/h3-8,10H,2,9,12-13,19H2,1H3. The highest BCUT2D eigenvalue weighted by atomic mass is 15.1. The smallest absolute Gasteiger partial charge is 0.140 e. The van der Waals surface area contributed by atoms with Gasteiger partial charge in [-0.1, -0.05) is 19.1 Å². The number of nitrogen functional groups attached to an aromatic ring is 1. The van der Waals surface area contributed by atoms with Crippen LogP contribution < -0.4 is 5.73 Å². The van der Waals surface area contributed by atoms with Gasteiger partial charge in [-0.2, -0.15) is 5.26 Å². The van der Waals surface area contributed by atoms with Gasteiger partial charge in [0.25, 0.3) is 0 Å². The molecule has 4 heteroatoms. The Balaban J connectivity index is 2.07. The van der Waals surface area contributed by atoms with Crippen molar-refractivity contribution in [1.29, 1.82) is 5.26 Å². The van der Waals surface area contributed by atoms with E-state index in [1.165, 1.54) is 5.56 Å². The predicted octanol–water partition coefficient (Wildman–Crippen LogP) is 2.95. The minimum absolute atomic E-state index is 0.469. The highest BCUT2D eigenvalue weighted by Crippen LogP contribution is 2.12. The summed E-state index contributed by atoms with van der Waals surface area (Å²) >= 11 is 0. The number of nitriles is 1. The molecule has 0 aliphatic carbocycles. The van der Waals surface area contributed by atoms with Crippen LogP contribution in [0.5, 0.6) is 0 Å². The Morgan fingerprint density at radius 3 is 2.52 bits per heavy atom. The number of aromatic nitrogens is 1. The third-order valence-electron chi connectivity index (χ3n) is 3.27. The van der Waals surface area contributed by atoms with E-state index in [2.05, 4.69) is 35.0 Å². The van der Waals surface area contributed by atoms with Crippen LogP contribution in [0.25, 0.3) is 0 Å². The van der Waals surface area contributed by atoms with Crippen molar-refractivity contribution >= 4 is 5.69 Å². The molecule has 21 heavy (non-hydrogen) atoms. The third kappa shape index (κ3) is 4.59. The fourth-order valence-electron chi connectivity index (χ4n) is 2.30. The van der Waals surface area contributed by atoms with Crippen LogP contribution in [-0.4, -0.2) is 16.4 Å². The van der Waals surface area contributed by atoms with E-state index in [0.29, 0.717) is 5.69 Å². The SMILES string of the molecule is CCCN(Cc1ccc(N)cc1)Cc1ccnc(C#N)c1. The summed E-state index contributed by atoms with van der Waals surface area (Å²) in [4.78, 5) is 6.37. The van der Waals surface area contributed by atoms with Crippen molar-refractivity contribution in [3.63, 3.8) is 0 Å². The Labute approximate surface area is 125 Å². The summed E-state index contributed by atoms with van der Waals surface area (Å²) in [5.74, 6) is 0. The Kier molecular flexibility index (Phi) is 5.30. The van der Waals surface area contributed by atoms with Crippen LogP contribution in [0.2, 0.25) is 0 Å². The topological polar surface area (TPSA) is 65.9 Å². The van der Waals surface area contributed by atoms with Crippen LogP contribution in [0.4, 0.5) is 5.69 Å². The first kappa shape index (κ1) is 15.0. The molecule has 2 N–H and O–H groups in total. The number of benzene rings is 1. The van der Waals surface area contributed by atoms with Gasteiger partial charge in [0, 0.05) is 25.0 Å². The van der Waals surface area contributed by atoms with Crippen molar-refractivity contribution < 1.29 is 0 Å². The van der Waals surface area contributed by atoms with Gasteiger partial charge in [-0.15, -0.1) is 0 Å². The summed E-state index contributed by atoms with van der Waals surface area (Å²) < 4.78 is 0. The number of hydrogen-bond acceptors (Lipinski definition) is 4. The second-order valence-electron chi connectivity index (χ2n) is 5.11. The molecule has 1 aromatic heterocycles. The van der Waals surface area contributed by atoms with Gasteiger partial charge in [0.2, 0.25) is 0 Å². The molecule has 0 aliphatic rings. The lowest BCUT2D eigenvalue weighted by molar-refractivity contribution is 0.257. The molecule has 0 saturated heterocycles. The van der Waals surface area contributed by atoms with E-state index in [1.807, 2.05) is 24.3 Å². The monoisotopic (exact) mass is 280 g/mol. The summed E-state index contributed by atoms with van der Waals surface area (Å²) in [6.07, 6.45) is 2.78. The summed E-state index contributed by atoms with van der Waals surface area (Å²) in [5, 5.41) is 8.92. The normalized spacial score (nSPS) is 10.5. The van der Waals surface area contributed by atoms with Crippen molar-refractivity contribution in [2.24, 2.45) is 0 Å². The predicted molar refractivity (Wildman–Crippen MR) is 84.2 cm³/mol. The van der Waals surface area contributed by atoms with E-state index in [1.54, 1.807) is 6.20 Å². The number of nitrogens with zero attached hydrogens (tertiary/aromatic N) is 3. The number of rotatable bonds is 6. The van der Waals surface area contributed by atoms with Gasteiger partial charge in [-0.25, -0.2) is 4.98 Å². The van der Waals surface area contributed by atoms with Crippen molar-refractivity contribution in [2.75, 3.05) is 12.3 Å². The van der Waals surface area contributed by atoms with Crippen LogP contribution in [0, 0.1) is 11.3 Å². The van der Waals surface area contributed by atoms with Gasteiger partial charge in [0.15, 0.2) is 0 Å². The quantitative estimate of drug-likeness (QED) is 0.826. The van der Waals surface area contributed by atoms with Crippen LogP contribution in [-0.2, 0) is 13.1 Å². The number of anilines is 1. The summed E-state index contributed by atoms with van der Waals surface area (Å²) in [5.41, 5.74) is 9.33. The number of hydrogen-bond donors (Lipinski definition) is 1. The molecular formula is C17H20N4. The minimum atomic E-state index is 0.469. The van der Waals surface area contributed by atoms with Crippen molar-refractivity contribution in [1.82, 2.24) is 9.88 Å². The Morgan fingerprint density at radius 2 is 1.86 bits per heavy atom. The molecule has 0 fully saturated rings. The Morgan fingerprint density at radius 1 is 1.14 bits per heavy atom. The Bertz CT molecular complexity index is 613. The lowest BCUT2D eigenvalue weighted by atomic mass is 10.1. The second-order valence-corrected chi connectivity index (χ2v) is 5.11. The average Bonchev–Trinajstić information content (AvgIpc) is 2.50. The van der Waals surface area contributed by atoms with Crippen molar-refractivity contribution in [3.8, 4) is 6.07 Å². The molecule has 1 aromatic carbocycles. The molecule has 0 atom stereocenters. The Hall–Kier alpha value is -2.38. The first-order chi connectivity index (χ1) is 10.2. The fourth-order valence-corrected chi connectivity index (χ4v) is 2.30. The van der Waals surface area contributed by atoms with Gasteiger partial charge in [0.1, 0.15) is 11.8 Å². The molecule has 108 valence electrons. The molecule has 0 aliphatic heterocycles. The molecule has 1 heterocycles. The zero-order valence-electron chi connectivity index (χ0n) is 12.3. The summed E-state index contributed by atoms with van der Waals surface area (Å²) in [7, 11) is 0. The van der Waals surface area contributed by atoms with Gasteiger partial charge in [-0.05, 0) is 48.4 Å². The first-order valence-corrected chi connectivity index (χ1v) is 7.13. The van der Waals surface area contributed by atoms with Gasteiger partial charge >= 0.3 is 0 Å². The van der Waals surface area contributed by atoms with E-state index in [4.69, 9.17) is 11.0 Å². The molecule has 0 radical (unpaired) electrons. The van der Waals surface area contributed by atoms with E-state index < -0.39 is 0 Å². The molecule has 2 rings (SSSR count). The molecule has 4 nitrogen and oxygen atoms in total. The van der Waals surface area contributed by atoms with Gasteiger partial charge in [-0.3, -0.25) is 4.90 Å². The molecule has 0 bridgehead atoms. The highest BCUT2D eigenvalue weighted by molar-refractivity contribution is 5.39. The van der Waals surface area contributed by atoms with Crippen LogP contribution in [0.3, 0.4) is 0 Å². The van der Waals surface area contributed by atoms with E-state index in [0.717, 1.165) is 37.3 Å². The van der Waals surface area contributed by atoms with Gasteiger partial charge < -0.3 is 5.73 Å². The van der Waals surface area contributed by atoms with Gasteiger partial charge in [0.05, 0.1) is 0 Å². The summed E-state index contributed by atoms with van der Waals surface area (Å²) in [6.45, 7) is 4.87. The average molecular weight is 280 g/mol. The molecule has 0 spiro atoms. The molecule has 0 unspecified atom stereocenters. The zero-order chi connectivity index (χ0) is 15.1. The summed E-state index contributed by atoms with van der Waals surface area (Å²) in [6, 6.07) is 13.9. The number of nitrogens with two attached hydrogens (primary N) is 1. The molecule has 2 aromatic rings. The lowest BCUT2D eigenvalue weighted by Crippen LogP contribution is -2.23. The maximum Gasteiger partial charge on any atom is 0.140 e. The van der Waals surface area contributed by atoms with Crippen LogP contribution in [0.15, 0.2) is 42.6 Å². The van der Waals surface area contributed by atoms with Crippen molar-refractivity contribution in [2.45, 2.75) is 26.4 Å². The zero-order valence-corrected chi connectivity index (χ0v) is 12.3. The van der Waals surface area contributed by atoms with Crippen molar-refractivity contribution in [3.05, 3.63) is 59.4 Å². The van der Waals surface area contributed by atoms with Crippen LogP contribution in [0.1, 0.15) is 30.2 Å². The lowest BCUT2D eigenvalue weighted by Gasteiger charge is -2.22. The maximum atomic E-state index is 8.92. The van der Waals surface area contributed by atoms with E-state index in [-0.39, 0.29) is 0 Å². The first-order valence-electron chi connectivity index (χ1n) is 7.13. The second kappa shape index (κ2) is 7.41. The largest absolute Gasteiger partial charge is 0.399 e. The van der Waals surface area contributed by atoms with E-state index >= 15 is 0 Å². The van der Waals surface area contributed by atoms with E-state index in [9.17, 15) is 0 Å². The molecular weight excluding hydrogens is 260 g/mol. The fraction of sp³-hybridized carbons (Fsp3) is 0.294. The molecule has 0 saturated carbocycles.